The first-order chi connectivity index (χ1) is 9.45. The van der Waals surface area contributed by atoms with Crippen LogP contribution >= 0.6 is 15.9 Å². The van der Waals surface area contributed by atoms with E-state index in [0.29, 0.717) is 29.3 Å². The lowest BCUT2D eigenvalue weighted by atomic mass is 10.1. The van der Waals surface area contributed by atoms with Gasteiger partial charge in [0.15, 0.2) is 0 Å². The number of aliphatic carboxylic acids is 1. The van der Waals surface area contributed by atoms with Crippen LogP contribution in [0.25, 0.3) is 0 Å². The molecule has 6 heteroatoms. The predicted molar refractivity (Wildman–Crippen MR) is 74.7 cm³/mol. The molecule has 20 heavy (non-hydrogen) atoms. The van der Waals surface area contributed by atoms with E-state index >= 15 is 0 Å². The SMILES string of the molecule is O=C(Cc1cc(F)ccc1Br)N[C@H]1CC[C@@H](C(=O)O)C1. The van der Waals surface area contributed by atoms with Crippen molar-refractivity contribution in [2.45, 2.75) is 31.7 Å². The quantitative estimate of drug-likeness (QED) is 0.882. The predicted octanol–water partition coefficient (Wildman–Crippen LogP) is 2.50. The van der Waals surface area contributed by atoms with Gasteiger partial charge in [0, 0.05) is 10.5 Å². The van der Waals surface area contributed by atoms with Crippen LogP contribution in [-0.2, 0) is 16.0 Å². The van der Waals surface area contributed by atoms with Crippen LogP contribution in [0.5, 0.6) is 0 Å². The molecule has 0 aromatic heterocycles. The molecule has 1 aliphatic carbocycles. The molecule has 4 nitrogen and oxygen atoms in total. The number of carboxylic acids is 1. The third kappa shape index (κ3) is 3.79. The third-order valence-corrected chi connectivity index (χ3v) is 4.28. The fourth-order valence-electron chi connectivity index (χ4n) is 2.47. The summed E-state index contributed by atoms with van der Waals surface area (Å²) in [6, 6.07) is 4.10. The van der Waals surface area contributed by atoms with Crippen LogP contribution in [0.15, 0.2) is 22.7 Å². The molecule has 0 saturated heterocycles. The number of benzene rings is 1. The number of hydrogen-bond donors (Lipinski definition) is 2. The number of carboxylic acid groups (broad SMARTS) is 1. The number of hydrogen-bond acceptors (Lipinski definition) is 2. The molecule has 1 amide bonds. The maximum atomic E-state index is 13.1. The minimum Gasteiger partial charge on any atom is -0.481 e. The van der Waals surface area contributed by atoms with Gasteiger partial charge in [0.05, 0.1) is 12.3 Å². The van der Waals surface area contributed by atoms with Crippen molar-refractivity contribution in [3.05, 3.63) is 34.1 Å². The van der Waals surface area contributed by atoms with E-state index in [0.717, 1.165) is 0 Å². The van der Waals surface area contributed by atoms with Crippen LogP contribution in [-0.4, -0.2) is 23.0 Å². The molecule has 0 unspecified atom stereocenters. The topological polar surface area (TPSA) is 66.4 Å². The standard InChI is InChI=1S/C14H15BrFNO3/c15-12-4-2-10(16)5-9(12)7-13(18)17-11-3-1-8(6-11)14(19)20/h2,4-5,8,11H,1,3,6-7H2,(H,17,18)(H,19,20)/t8-,11+/m1/s1. The van der Waals surface area contributed by atoms with Crippen LogP contribution in [0.4, 0.5) is 4.39 Å². The van der Waals surface area contributed by atoms with Crippen LogP contribution in [0.1, 0.15) is 24.8 Å². The van der Waals surface area contributed by atoms with Crippen molar-refractivity contribution >= 4 is 27.8 Å². The molecular weight excluding hydrogens is 329 g/mol. The molecule has 0 radical (unpaired) electrons. The van der Waals surface area contributed by atoms with E-state index in [9.17, 15) is 14.0 Å². The van der Waals surface area contributed by atoms with Crippen LogP contribution in [0, 0.1) is 11.7 Å². The molecule has 2 rings (SSSR count). The van der Waals surface area contributed by atoms with E-state index in [1.807, 2.05) is 0 Å². The number of nitrogens with one attached hydrogen (secondary N) is 1. The molecule has 108 valence electrons. The average molecular weight is 344 g/mol. The molecule has 1 aromatic carbocycles. The summed E-state index contributed by atoms with van der Waals surface area (Å²) in [4.78, 5) is 22.8. The van der Waals surface area contributed by atoms with Crippen molar-refractivity contribution in [1.82, 2.24) is 5.32 Å². The number of carbonyl (C=O) groups excluding carboxylic acids is 1. The highest BCUT2D eigenvalue weighted by atomic mass is 79.9. The molecule has 0 aliphatic heterocycles. The van der Waals surface area contributed by atoms with Gasteiger partial charge in [-0.15, -0.1) is 0 Å². The highest BCUT2D eigenvalue weighted by molar-refractivity contribution is 9.10. The summed E-state index contributed by atoms with van der Waals surface area (Å²) in [5.74, 6) is -1.79. The Kier molecular flexibility index (Phi) is 4.75. The molecular formula is C14H15BrFNO3. The third-order valence-electron chi connectivity index (χ3n) is 3.51. The Balaban J connectivity index is 1.90. The van der Waals surface area contributed by atoms with Gasteiger partial charge in [-0.2, -0.15) is 0 Å². The Bertz CT molecular complexity index is 535. The molecule has 2 atom stereocenters. The molecule has 1 fully saturated rings. The second-order valence-electron chi connectivity index (χ2n) is 5.03. The summed E-state index contributed by atoms with van der Waals surface area (Å²) in [5.41, 5.74) is 0.579. The van der Waals surface area contributed by atoms with E-state index in [2.05, 4.69) is 21.2 Å². The van der Waals surface area contributed by atoms with Gasteiger partial charge in [0.2, 0.25) is 5.91 Å². The first-order valence-corrected chi connectivity index (χ1v) is 7.21. The maximum Gasteiger partial charge on any atom is 0.306 e. The lowest BCUT2D eigenvalue weighted by molar-refractivity contribution is -0.141. The average Bonchev–Trinajstić information content (AvgIpc) is 2.82. The highest BCUT2D eigenvalue weighted by Crippen LogP contribution is 2.26. The van der Waals surface area contributed by atoms with Gasteiger partial charge in [-0.05, 0) is 43.0 Å². The monoisotopic (exact) mass is 343 g/mol. The molecule has 2 N–H and O–H groups in total. The molecule has 1 aliphatic rings. The summed E-state index contributed by atoms with van der Waals surface area (Å²) < 4.78 is 13.8. The van der Waals surface area contributed by atoms with Gasteiger partial charge in [-0.25, -0.2) is 4.39 Å². The van der Waals surface area contributed by atoms with E-state index in [1.54, 1.807) is 6.07 Å². The molecule has 0 bridgehead atoms. The van der Waals surface area contributed by atoms with Crippen molar-refractivity contribution in [2.75, 3.05) is 0 Å². The lowest BCUT2D eigenvalue weighted by Crippen LogP contribution is -2.34. The smallest absolute Gasteiger partial charge is 0.306 e. The Labute approximate surface area is 124 Å². The molecule has 1 aromatic rings. The largest absolute Gasteiger partial charge is 0.481 e. The van der Waals surface area contributed by atoms with Gasteiger partial charge in [-0.1, -0.05) is 15.9 Å². The second-order valence-corrected chi connectivity index (χ2v) is 5.88. The zero-order valence-electron chi connectivity index (χ0n) is 10.7. The summed E-state index contributed by atoms with van der Waals surface area (Å²) in [6.07, 6.45) is 1.80. The number of rotatable bonds is 4. The fourth-order valence-corrected chi connectivity index (χ4v) is 2.85. The minimum atomic E-state index is -0.811. The van der Waals surface area contributed by atoms with Crippen LogP contribution in [0.2, 0.25) is 0 Å². The van der Waals surface area contributed by atoms with Gasteiger partial charge in [0.25, 0.3) is 0 Å². The minimum absolute atomic E-state index is 0.0760. The molecule has 0 spiro atoms. The molecule has 1 saturated carbocycles. The maximum absolute atomic E-state index is 13.1. The van der Waals surface area contributed by atoms with Crippen LogP contribution in [0.3, 0.4) is 0 Å². The van der Waals surface area contributed by atoms with E-state index in [-0.39, 0.29) is 30.1 Å². The number of amides is 1. The van der Waals surface area contributed by atoms with Crippen molar-refractivity contribution in [3.8, 4) is 0 Å². The summed E-state index contributed by atoms with van der Waals surface area (Å²) in [5, 5.41) is 11.7. The first-order valence-electron chi connectivity index (χ1n) is 6.42. The van der Waals surface area contributed by atoms with E-state index in [1.165, 1.54) is 12.1 Å². The van der Waals surface area contributed by atoms with E-state index < -0.39 is 5.97 Å². The Morgan fingerprint density at radius 2 is 2.15 bits per heavy atom. The Hall–Kier alpha value is -1.43. The van der Waals surface area contributed by atoms with Crippen molar-refractivity contribution in [3.63, 3.8) is 0 Å². The van der Waals surface area contributed by atoms with E-state index in [4.69, 9.17) is 5.11 Å². The van der Waals surface area contributed by atoms with Crippen LogP contribution < -0.4 is 5.32 Å². The number of carbonyl (C=O) groups is 2. The van der Waals surface area contributed by atoms with Crippen molar-refractivity contribution in [1.29, 1.82) is 0 Å². The summed E-state index contributed by atoms with van der Waals surface area (Å²) in [6.45, 7) is 0. The van der Waals surface area contributed by atoms with Gasteiger partial charge >= 0.3 is 5.97 Å². The first kappa shape index (κ1) is 15.0. The fraction of sp³-hybridized carbons (Fsp3) is 0.429. The van der Waals surface area contributed by atoms with Crippen molar-refractivity contribution < 1.29 is 19.1 Å². The van der Waals surface area contributed by atoms with Gasteiger partial charge in [0.1, 0.15) is 5.82 Å². The zero-order valence-corrected chi connectivity index (χ0v) is 12.3. The normalized spacial score (nSPS) is 21.7. The summed E-state index contributed by atoms with van der Waals surface area (Å²) >= 11 is 3.28. The second kappa shape index (κ2) is 6.35. The summed E-state index contributed by atoms with van der Waals surface area (Å²) in [7, 11) is 0. The van der Waals surface area contributed by atoms with Gasteiger partial charge in [-0.3, -0.25) is 9.59 Å². The number of halogens is 2. The highest BCUT2D eigenvalue weighted by Gasteiger charge is 2.30. The van der Waals surface area contributed by atoms with Gasteiger partial charge < -0.3 is 10.4 Å². The Morgan fingerprint density at radius 1 is 1.40 bits per heavy atom. The Morgan fingerprint density at radius 3 is 2.80 bits per heavy atom. The molecule has 0 heterocycles. The lowest BCUT2D eigenvalue weighted by Gasteiger charge is -2.13. The van der Waals surface area contributed by atoms with Crippen molar-refractivity contribution in [2.24, 2.45) is 5.92 Å². The zero-order chi connectivity index (χ0) is 14.7.